The van der Waals surface area contributed by atoms with Crippen LogP contribution in [-0.4, -0.2) is 62.1 Å². The van der Waals surface area contributed by atoms with E-state index in [1.165, 1.54) is 11.6 Å². The lowest BCUT2D eigenvalue weighted by Gasteiger charge is -2.34. The van der Waals surface area contributed by atoms with Crippen LogP contribution in [0.4, 0.5) is 0 Å². The minimum atomic E-state index is -0.309. The lowest BCUT2D eigenvalue weighted by atomic mass is 10.3. The largest absolute Gasteiger partial charge is 0.459 e. The van der Waals surface area contributed by atoms with Gasteiger partial charge in [0.15, 0.2) is 5.58 Å². The van der Waals surface area contributed by atoms with E-state index < -0.39 is 0 Å². The lowest BCUT2D eigenvalue weighted by molar-refractivity contribution is -0.139. The van der Waals surface area contributed by atoms with Crippen LogP contribution in [0.15, 0.2) is 21.5 Å². The maximum atomic E-state index is 13.2. The first kappa shape index (κ1) is 19.2. The fraction of sp³-hybridized carbons (Fsp3) is 0.500. The first-order valence-electron chi connectivity index (χ1n) is 9.81. The zero-order valence-electron chi connectivity index (χ0n) is 17.1. The Hall–Kier alpha value is -3.10. The van der Waals surface area contributed by atoms with E-state index in [0.717, 1.165) is 11.3 Å². The van der Waals surface area contributed by atoms with Gasteiger partial charge in [-0.3, -0.25) is 14.4 Å². The quantitative estimate of drug-likeness (QED) is 0.666. The summed E-state index contributed by atoms with van der Waals surface area (Å²) in [5.41, 5.74) is 1.69. The molecule has 4 rings (SSSR count). The van der Waals surface area contributed by atoms with E-state index in [0.29, 0.717) is 42.7 Å². The van der Waals surface area contributed by atoms with Crippen molar-refractivity contribution >= 4 is 33.8 Å². The van der Waals surface area contributed by atoms with Gasteiger partial charge in [-0.2, -0.15) is 5.10 Å². The maximum Gasteiger partial charge on any atom is 0.291 e. The molecule has 3 aromatic rings. The molecule has 0 N–H and O–H groups in total. The molecule has 4 heterocycles. The summed E-state index contributed by atoms with van der Waals surface area (Å²) in [5, 5.41) is 4.89. The van der Waals surface area contributed by atoms with Crippen molar-refractivity contribution in [2.75, 3.05) is 26.2 Å². The first-order valence-corrected chi connectivity index (χ1v) is 9.81. The number of rotatable bonds is 3. The molecule has 1 fully saturated rings. The third-order valence-corrected chi connectivity index (χ3v) is 5.48. The van der Waals surface area contributed by atoms with Crippen molar-refractivity contribution in [2.24, 2.45) is 0 Å². The summed E-state index contributed by atoms with van der Waals surface area (Å²) in [5.74, 6) is 0.606. The highest BCUT2D eigenvalue weighted by Crippen LogP contribution is 2.31. The third kappa shape index (κ3) is 3.20. The number of aryl methyl sites for hydroxylation is 1. The molecule has 0 aliphatic carbocycles. The summed E-state index contributed by atoms with van der Waals surface area (Å²) in [6, 6.07) is 1.96. The summed E-state index contributed by atoms with van der Waals surface area (Å²) in [4.78, 5) is 40.7. The Balaban J connectivity index is 1.66. The summed E-state index contributed by atoms with van der Waals surface area (Å²) in [6.07, 6.45) is 1.60. The smallest absolute Gasteiger partial charge is 0.291 e. The first-order chi connectivity index (χ1) is 13.8. The number of furan rings is 1. The summed E-state index contributed by atoms with van der Waals surface area (Å²) in [7, 11) is 0. The standard InChI is InChI=1S/C20H25N5O4/c1-12(2)25-16-9-13(3)29-19(16)15-10-21-24(20(28)18(15)25)11-17(27)23-7-5-22(6-8-23)14(4)26/h9-10,12H,5-8,11H2,1-4H3. The van der Waals surface area contributed by atoms with E-state index >= 15 is 0 Å². The Bertz CT molecular complexity index is 1160. The number of piperazine rings is 1. The summed E-state index contributed by atoms with van der Waals surface area (Å²) >= 11 is 0. The highest BCUT2D eigenvalue weighted by Gasteiger charge is 2.25. The van der Waals surface area contributed by atoms with Crippen LogP contribution in [0.5, 0.6) is 0 Å². The molecule has 0 radical (unpaired) electrons. The molecule has 0 bridgehead atoms. The Morgan fingerprint density at radius 1 is 1.17 bits per heavy atom. The Morgan fingerprint density at radius 2 is 1.83 bits per heavy atom. The molecular formula is C20H25N5O4. The Kier molecular flexibility index (Phi) is 4.68. The van der Waals surface area contributed by atoms with Gasteiger partial charge in [0.2, 0.25) is 11.8 Å². The van der Waals surface area contributed by atoms with Gasteiger partial charge in [0.25, 0.3) is 5.56 Å². The summed E-state index contributed by atoms with van der Waals surface area (Å²) < 4.78 is 8.95. The average Bonchev–Trinajstić information content (AvgIpc) is 3.19. The van der Waals surface area contributed by atoms with Crippen molar-refractivity contribution in [2.45, 2.75) is 40.3 Å². The zero-order valence-corrected chi connectivity index (χ0v) is 17.1. The monoisotopic (exact) mass is 399 g/mol. The van der Waals surface area contributed by atoms with Crippen LogP contribution in [0.25, 0.3) is 22.0 Å². The van der Waals surface area contributed by atoms with Crippen LogP contribution in [0, 0.1) is 6.92 Å². The van der Waals surface area contributed by atoms with Gasteiger partial charge in [0, 0.05) is 45.2 Å². The highest BCUT2D eigenvalue weighted by molar-refractivity contribution is 6.04. The van der Waals surface area contributed by atoms with Gasteiger partial charge in [-0.1, -0.05) is 0 Å². The van der Waals surface area contributed by atoms with E-state index in [1.54, 1.807) is 16.0 Å². The average molecular weight is 399 g/mol. The maximum absolute atomic E-state index is 13.2. The van der Waals surface area contributed by atoms with E-state index in [-0.39, 0.29) is 30.0 Å². The van der Waals surface area contributed by atoms with Crippen molar-refractivity contribution in [1.29, 1.82) is 0 Å². The molecule has 154 valence electrons. The molecular weight excluding hydrogens is 374 g/mol. The molecule has 0 spiro atoms. The van der Waals surface area contributed by atoms with Crippen molar-refractivity contribution < 1.29 is 14.0 Å². The normalized spacial score (nSPS) is 15.1. The number of hydrogen-bond acceptors (Lipinski definition) is 5. The second kappa shape index (κ2) is 7.06. The fourth-order valence-electron chi connectivity index (χ4n) is 4.02. The van der Waals surface area contributed by atoms with Gasteiger partial charge < -0.3 is 18.8 Å². The van der Waals surface area contributed by atoms with Crippen LogP contribution in [-0.2, 0) is 16.1 Å². The predicted octanol–water partition coefficient (Wildman–Crippen LogP) is 1.52. The van der Waals surface area contributed by atoms with E-state index in [9.17, 15) is 14.4 Å². The van der Waals surface area contributed by atoms with Crippen LogP contribution in [0.3, 0.4) is 0 Å². The minimum absolute atomic E-state index is 0.00874. The summed E-state index contributed by atoms with van der Waals surface area (Å²) in [6.45, 7) is 9.22. The molecule has 2 amide bonds. The number of nitrogens with zero attached hydrogens (tertiary/aromatic N) is 5. The predicted molar refractivity (Wildman–Crippen MR) is 108 cm³/mol. The number of carbonyl (C=O) groups is 2. The second-order valence-corrected chi connectivity index (χ2v) is 7.79. The van der Waals surface area contributed by atoms with Crippen molar-refractivity contribution in [1.82, 2.24) is 24.1 Å². The molecule has 29 heavy (non-hydrogen) atoms. The van der Waals surface area contributed by atoms with Crippen LogP contribution in [0.1, 0.15) is 32.6 Å². The number of carbonyl (C=O) groups excluding carboxylic acids is 2. The third-order valence-electron chi connectivity index (χ3n) is 5.48. The molecule has 0 aromatic carbocycles. The molecule has 1 saturated heterocycles. The van der Waals surface area contributed by atoms with E-state index in [1.807, 2.05) is 31.4 Å². The number of amides is 2. The zero-order chi connectivity index (χ0) is 20.9. The molecule has 1 aliphatic heterocycles. The molecule has 3 aromatic heterocycles. The minimum Gasteiger partial charge on any atom is -0.459 e. The van der Waals surface area contributed by atoms with Crippen molar-refractivity contribution in [3.8, 4) is 0 Å². The number of aromatic nitrogens is 3. The lowest BCUT2D eigenvalue weighted by Crippen LogP contribution is -2.51. The molecule has 9 heteroatoms. The van der Waals surface area contributed by atoms with Crippen LogP contribution >= 0.6 is 0 Å². The second-order valence-electron chi connectivity index (χ2n) is 7.79. The molecule has 0 atom stereocenters. The van der Waals surface area contributed by atoms with Gasteiger partial charge in [0.1, 0.15) is 17.8 Å². The van der Waals surface area contributed by atoms with Crippen LogP contribution < -0.4 is 5.56 Å². The topological polar surface area (TPSA) is 93.6 Å². The van der Waals surface area contributed by atoms with Gasteiger partial charge in [0.05, 0.1) is 17.1 Å². The fourth-order valence-corrected chi connectivity index (χ4v) is 4.02. The molecule has 0 unspecified atom stereocenters. The highest BCUT2D eigenvalue weighted by atomic mass is 16.3. The van der Waals surface area contributed by atoms with Gasteiger partial charge >= 0.3 is 0 Å². The Labute approximate surface area is 167 Å². The van der Waals surface area contributed by atoms with Gasteiger partial charge in [-0.05, 0) is 20.8 Å². The number of fused-ring (bicyclic) bond motifs is 3. The number of hydrogen-bond donors (Lipinski definition) is 0. The molecule has 0 saturated carbocycles. The van der Waals surface area contributed by atoms with Crippen LogP contribution in [0.2, 0.25) is 0 Å². The van der Waals surface area contributed by atoms with Crippen molar-refractivity contribution in [3.05, 3.63) is 28.4 Å². The Morgan fingerprint density at radius 3 is 2.45 bits per heavy atom. The van der Waals surface area contributed by atoms with Gasteiger partial charge in [-0.25, -0.2) is 4.68 Å². The van der Waals surface area contributed by atoms with Crippen molar-refractivity contribution in [3.63, 3.8) is 0 Å². The van der Waals surface area contributed by atoms with Gasteiger partial charge in [-0.15, -0.1) is 0 Å². The SMILES string of the molecule is CC(=O)N1CCN(C(=O)Cn2ncc3c4oc(C)cc4n(C(C)C)c3c2=O)CC1. The van der Waals surface area contributed by atoms with E-state index in [4.69, 9.17) is 4.42 Å². The molecule has 1 aliphatic rings. The molecule has 9 nitrogen and oxygen atoms in total. The van der Waals surface area contributed by atoms with E-state index in [2.05, 4.69) is 5.10 Å².